The molecule has 1 aliphatic carbocycles. The predicted molar refractivity (Wildman–Crippen MR) is 94.0 cm³/mol. The molecular weight excluding hydrogens is 356 g/mol. The average Bonchev–Trinajstić information content (AvgIpc) is 2.91. The molecule has 1 saturated carbocycles. The van der Waals surface area contributed by atoms with Gasteiger partial charge in [-0.3, -0.25) is 9.69 Å². The molecule has 27 heavy (non-hydrogen) atoms. The van der Waals surface area contributed by atoms with E-state index < -0.39 is 35.3 Å². The van der Waals surface area contributed by atoms with Crippen LogP contribution in [0.25, 0.3) is 0 Å². The lowest BCUT2D eigenvalue weighted by Gasteiger charge is -2.46. The summed E-state index contributed by atoms with van der Waals surface area (Å²) in [6, 6.07) is 1.36. The maximum Gasteiger partial charge on any atom is 0.328 e. The second-order valence-corrected chi connectivity index (χ2v) is 8.58. The molecule has 1 spiro atoms. The van der Waals surface area contributed by atoms with Crippen molar-refractivity contribution < 1.29 is 28.2 Å². The van der Waals surface area contributed by atoms with Gasteiger partial charge < -0.3 is 9.84 Å². The van der Waals surface area contributed by atoms with E-state index in [1.54, 1.807) is 0 Å². The Hall–Kier alpha value is -2.02. The summed E-state index contributed by atoms with van der Waals surface area (Å²) in [6.07, 6.45) is 2.58. The first kappa shape index (κ1) is 19.7. The molecule has 0 bridgehead atoms. The molecule has 1 saturated heterocycles. The normalized spacial score (nSPS) is 28.6. The number of carbonyl (C=O) groups is 2. The Kier molecular flexibility index (Phi) is 5.01. The minimum atomic E-state index is -1.19. The van der Waals surface area contributed by atoms with E-state index >= 15 is 0 Å². The molecule has 5 nitrogen and oxygen atoms in total. The number of carbonyl (C=O) groups excluding carboxylic acids is 1. The Balaban J connectivity index is 1.93. The summed E-state index contributed by atoms with van der Waals surface area (Å²) < 4.78 is 33.0. The van der Waals surface area contributed by atoms with Crippen molar-refractivity contribution >= 4 is 11.9 Å². The molecule has 1 aromatic carbocycles. The molecule has 2 fully saturated rings. The summed E-state index contributed by atoms with van der Waals surface area (Å²) in [5, 5.41) is 9.56. The van der Waals surface area contributed by atoms with Gasteiger partial charge in [0.1, 0.15) is 17.4 Å². The molecular formula is C20H25F2NO4. The van der Waals surface area contributed by atoms with Gasteiger partial charge in [0.15, 0.2) is 6.04 Å². The fourth-order valence-corrected chi connectivity index (χ4v) is 4.31. The van der Waals surface area contributed by atoms with Gasteiger partial charge >= 0.3 is 5.97 Å². The number of hydrogen-bond donors (Lipinski definition) is 1. The topological polar surface area (TPSA) is 66.8 Å². The highest BCUT2D eigenvalue weighted by atomic mass is 19.1. The van der Waals surface area contributed by atoms with Crippen LogP contribution in [0, 0.1) is 23.0 Å². The first-order valence-corrected chi connectivity index (χ1v) is 9.20. The van der Waals surface area contributed by atoms with Crippen LogP contribution in [-0.2, 0) is 9.53 Å². The average molecular weight is 381 g/mol. The van der Waals surface area contributed by atoms with E-state index in [1.165, 1.54) is 4.90 Å². The number of amides is 1. The van der Waals surface area contributed by atoms with Gasteiger partial charge in [-0.1, -0.05) is 20.8 Å². The van der Waals surface area contributed by atoms with Crippen molar-refractivity contribution in [3.05, 3.63) is 35.4 Å². The van der Waals surface area contributed by atoms with Crippen molar-refractivity contribution in [3.63, 3.8) is 0 Å². The predicted octanol–water partition coefficient (Wildman–Crippen LogP) is 3.82. The Morgan fingerprint density at radius 3 is 2.19 bits per heavy atom. The summed E-state index contributed by atoms with van der Waals surface area (Å²) in [6.45, 7) is 6.34. The largest absolute Gasteiger partial charge is 0.480 e. The number of nitrogens with zero attached hydrogens (tertiary/aromatic N) is 1. The van der Waals surface area contributed by atoms with Gasteiger partial charge in [0, 0.05) is 11.6 Å². The van der Waals surface area contributed by atoms with Crippen LogP contribution in [0.2, 0.25) is 0 Å². The zero-order valence-corrected chi connectivity index (χ0v) is 15.8. The third-order valence-electron chi connectivity index (χ3n) is 5.87. The third kappa shape index (κ3) is 3.70. The van der Waals surface area contributed by atoms with Crippen LogP contribution < -0.4 is 0 Å². The highest BCUT2D eigenvalue weighted by molar-refractivity contribution is 5.97. The number of hydrogen-bond acceptors (Lipinski definition) is 3. The second kappa shape index (κ2) is 6.86. The first-order valence-electron chi connectivity index (χ1n) is 9.20. The minimum absolute atomic E-state index is 0.104. The van der Waals surface area contributed by atoms with Crippen LogP contribution in [0.5, 0.6) is 0 Å². The van der Waals surface area contributed by atoms with Crippen LogP contribution >= 0.6 is 0 Å². The van der Waals surface area contributed by atoms with Gasteiger partial charge in [0.2, 0.25) is 0 Å². The molecule has 1 heterocycles. The molecule has 3 rings (SSSR count). The van der Waals surface area contributed by atoms with Crippen molar-refractivity contribution in [3.8, 4) is 0 Å². The van der Waals surface area contributed by atoms with Crippen LogP contribution in [0.4, 0.5) is 8.78 Å². The van der Waals surface area contributed by atoms with Crippen LogP contribution in [0.15, 0.2) is 18.2 Å². The number of carboxylic acid groups (broad SMARTS) is 1. The van der Waals surface area contributed by atoms with Gasteiger partial charge in [-0.2, -0.15) is 0 Å². The molecule has 1 N–H and O–H groups in total. The molecule has 1 unspecified atom stereocenters. The van der Waals surface area contributed by atoms with E-state index in [1.807, 2.05) is 0 Å². The van der Waals surface area contributed by atoms with Crippen molar-refractivity contribution in [1.29, 1.82) is 0 Å². The lowest BCUT2D eigenvalue weighted by atomic mass is 9.70. The number of rotatable bonds is 2. The molecule has 7 heteroatoms. The quantitative estimate of drug-likeness (QED) is 0.846. The van der Waals surface area contributed by atoms with E-state index in [4.69, 9.17) is 4.74 Å². The van der Waals surface area contributed by atoms with Gasteiger partial charge in [-0.15, -0.1) is 0 Å². The molecule has 1 amide bonds. The second-order valence-electron chi connectivity index (χ2n) is 8.58. The Morgan fingerprint density at radius 1 is 1.15 bits per heavy atom. The van der Waals surface area contributed by atoms with E-state index in [2.05, 4.69) is 20.8 Å². The highest BCUT2D eigenvalue weighted by Crippen LogP contribution is 2.47. The molecule has 1 aromatic rings. The van der Waals surface area contributed by atoms with Gasteiger partial charge in [0.25, 0.3) is 5.91 Å². The summed E-state index contributed by atoms with van der Waals surface area (Å²) in [5.41, 5.74) is -1.14. The maximum atomic E-state index is 13.6. The Bertz CT molecular complexity index is 731. The summed E-state index contributed by atoms with van der Waals surface area (Å²) in [5.74, 6) is -3.23. The van der Waals surface area contributed by atoms with Crippen molar-refractivity contribution in [2.24, 2.45) is 11.3 Å². The number of aliphatic carboxylic acids is 1. The van der Waals surface area contributed by atoms with E-state index in [9.17, 15) is 23.5 Å². The molecule has 2 aliphatic rings. The Labute approximate surface area is 157 Å². The Morgan fingerprint density at radius 2 is 1.70 bits per heavy atom. The van der Waals surface area contributed by atoms with Crippen molar-refractivity contribution in [2.45, 2.75) is 58.2 Å². The molecule has 148 valence electrons. The van der Waals surface area contributed by atoms with E-state index in [-0.39, 0.29) is 17.6 Å². The fourth-order valence-electron chi connectivity index (χ4n) is 4.31. The van der Waals surface area contributed by atoms with Crippen molar-refractivity contribution in [2.75, 3.05) is 6.61 Å². The van der Waals surface area contributed by atoms with Crippen LogP contribution in [0.1, 0.15) is 56.8 Å². The van der Waals surface area contributed by atoms with Gasteiger partial charge in [-0.05, 0) is 49.1 Å². The third-order valence-corrected chi connectivity index (χ3v) is 5.87. The first-order chi connectivity index (χ1) is 12.5. The lowest BCUT2D eigenvalue weighted by Crippen LogP contribution is -2.55. The minimum Gasteiger partial charge on any atom is -0.480 e. The monoisotopic (exact) mass is 381 g/mol. The number of benzene rings is 1. The number of halogens is 2. The maximum absolute atomic E-state index is 13.6. The van der Waals surface area contributed by atoms with E-state index in [0.29, 0.717) is 24.8 Å². The number of ether oxygens (including phenoxy) is 1. The van der Waals surface area contributed by atoms with Crippen molar-refractivity contribution in [1.82, 2.24) is 4.90 Å². The van der Waals surface area contributed by atoms with E-state index in [0.717, 1.165) is 25.0 Å². The lowest BCUT2D eigenvalue weighted by molar-refractivity contribution is -0.144. The van der Waals surface area contributed by atoms with Gasteiger partial charge in [0.05, 0.1) is 6.61 Å². The smallest absolute Gasteiger partial charge is 0.328 e. The fraction of sp³-hybridized carbons (Fsp3) is 0.600. The molecule has 0 aromatic heterocycles. The standard InChI is InChI=1S/C20H25F2NO4/c1-19(2,3)13-4-6-20(7-5-13)23(16(11-27-20)18(25)26)17(24)12-8-14(21)10-15(22)9-12/h8-10,13,16H,4-7,11H2,1-3H3,(H,25,26). The molecule has 1 atom stereocenters. The SMILES string of the molecule is CC(C)(C)C1CCC2(CC1)OCC(C(=O)O)N2C(=O)c1cc(F)cc(F)c1. The molecule has 0 radical (unpaired) electrons. The summed E-state index contributed by atoms with van der Waals surface area (Å²) in [7, 11) is 0. The zero-order valence-electron chi connectivity index (χ0n) is 15.8. The number of carboxylic acids is 1. The summed E-state index contributed by atoms with van der Waals surface area (Å²) >= 11 is 0. The summed E-state index contributed by atoms with van der Waals surface area (Å²) in [4.78, 5) is 26.0. The van der Waals surface area contributed by atoms with Crippen LogP contribution in [0.3, 0.4) is 0 Å². The van der Waals surface area contributed by atoms with Gasteiger partial charge in [-0.25, -0.2) is 13.6 Å². The molecule has 1 aliphatic heterocycles. The highest BCUT2D eigenvalue weighted by Gasteiger charge is 2.54. The zero-order chi connectivity index (χ0) is 20.0. The van der Waals surface area contributed by atoms with Crippen LogP contribution in [-0.4, -0.2) is 40.3 Å².